The summed E-state index contributed by atoms with van der Waals surface area (Å²) < 4.78 is 6.07. The molecule has 1 aliphatic carbocycles. The van der Waals surface area contributed by atoms with Crippen molar-refractivity contribution in [3.63, 3.8) is 0 Å². The van der Waals surface area contributed by atoms with E-state index in [4.69, 9.17) is 10.5 Å². The molecule has 0 spiro atoms. The van der Waals surface area contributed by atoms with Gasteiger partial charge < -0.3 is 20.7 Å². The molecule has 172 valence electrons. The van der Waals surface area contributed by atoms with Crippen LogP contribution in [0.4, 0.5) is 0 Å². The highest BCUT2D eigenvalue weighted by Crippen LogP contribution is 2.31. The third kappa shape index (κ3) is 5.38. The Morgan fingerprint density at radius 1 is 1.09 bits per heavy atom. The van der Waals surface area contributed by atoms with Crippen molar-refractivity contribution in [2.24, 2.45) is 5.73 Å². The molecule has 3 aromatic rings. The Kier molecular flexibility index (Phi) is 7.01. The average Bonchev–Trinajstić information content (AvgIpc) is 2.85. The molecule has 0 unspecified atom stereocenters. The Labute approximate surface area is 193 Å². The second-order valence-electron chi connectivity index (χ2n) is 8.61. The zero-order valence-electron chi connectivity index (χ0n) is 18.4. The van der Waals surface area contributed by atoms with Crippen molar-refractivity contribution in [1.82, 2.24) is 9.97 Å². The van der Waals surface area contributed by atoms with Crippen LogP contribution < -0.4 is 10.5 Å². The number of carboxylic acid groups (broad SMARTS) is 1. The molecule has 2 heterocycles. The Morgan fingerprint density at radius 2 is 1.85 bits per heavy atom. The minimum Gasteiger partial charge on any atom is -0.490 e. The predicted molar refractivity (Wildman–Crippen MR) is 125 cm³/mol. The van der Waals surface area contributed by atoms with Crippen LogP contribution in [0.3, 0.4) is 0 Å². The second kappa shape index (κ2) is 10.1. The molecule has 0 amide bonds. The zero-order valence-corrected chi connectivity index (χ0v) is 18.4. The Bertz CT molecular complexity index is 1070. The van der Waals surface area contributed by atoms with Gasteiger partial charge in [-0.2, -0.15) is 0 Å². The molecule has 1 aromatic carbocycles. The lowest BCUT2D eigenvalue weighted by molar-refractivity contribution is -0.161. The fraction of sp³-hybridized carbons (Fsp3) is 0.346. The van der Waals surface area contributed by atoms with Gasteiger partial charge in [-0.1, -0.05) is 36.8 Å². The smallest absolute Gasteiger partial charge is 0.338 e. The molecule has 33 heavy (non-hydrogen) atoms. The van der Waals surface area contributed by atoms with E-state index in [0.29, 0.717) is 17.0 Å². The van der Waals surface area contributed by atoms with E-state index in [2.05, 4.69) is 9.97 Å². The maximum absolute atomic E-state index is 12.1. The summed E-state index contributed by atoms with van der Waals surface area (Å²) in [4.78, 5) is 20.5. The van der Waals surface area contributed by atoms with Gasteiger partial charge in [-0.3, -0.25) is 9.97 Å². The van der Waals surface area contributed by atoms with E-state index in [-0.39, 0.29) is 12.5 Å². The number of carboxylic acids is 1. The van der Waals surface area contributed by atoms with Gasteiger partial charge in [0, 0.05) is 36.8 Å². The van der Waals surface area contributed by atoms with Crippen LogP contribution in [0.1, 0.15) is 49.4 Å². The molecular formula is C26H29N3O4. The van der Waals surface area contributed by atoms with E-state index in [1.807, 2.05) is 24.3 Å². The first-order valence-electron chi connectivity index (χ1n) is 11.3. The lowest BCUT2D eigenvalue weighted by Gasteiger charge is -2.30. The summed E-state index contributed by atoms with van der Waals surface area (Å²) in [6, 6.07) is 13.2. The van der Waals surface area contributed by atoms with Crippen molar-refractivity contribution in [3.05, 3.63) is 78.4 Å². The molecule has 1 saturated carbocycles. The number of nitrogens with zero attached hydrogens (tertiary/aromatic N) is 2. The number of aliphatic hydroxyl groups is 1. The monoisotopic (exact) mass is 447 g/mol. The quantitative estimate of drug-likeness (QED) is 0.479. The van der Waals surface area contributed by atoms with Crippen LogP contribution in [0.15, 0.2) is 67.1 Å². The number of ether oxygens (including phenoxy) is 1. The van der Waals surface area contributed by atoms with E-state index in [9.17, 15) is 15.0 Å². The second-order valence-corrected chi connectivity index (χ2v) is 8.61. The third-order valence-corrected chi connectivity index (χ3v) is 6.24. The van der Waals surface area contributed by atoms with Crippen molar-refractivity contribution < 1.29 is 19.7 Å². The fourth-order valence-corrected chi connectivity index (χ4v) is 4.29. The van der Waals surface area contributed by atoms with Gasteiger partial charge >= 0.3 is 5.97 Å². The van der Waals surface area contributed by atoms with E-state index in [1.165, 1.54) is 6.42 Å². The Balaban J connectivity index is 1.52. The molecule has 1 fully saturated rings. The number of carbonyl (C=O) groups is 1. The standard InChI is InChI=1S/C26H29N3O4/c27-24(19-10-8-18(9-11-19)20-5-4-13-28-17-20)26(32,25(30)31)16-21-15-23(12-14-29-21)33-22-6-2-1-3-7-22/h4-5,8-15,17,22,24,32H,1-3,6-7,16,27H2,(H,30,31)/t24-,26+/m0/s1. The van der Waals surface area contributed by atoms with Crippen LogP contribution >= 0.6 is 0 Å². The van der Waals surface area contributed by atoms with Gasteiger partial charge in [0.2, 0.25) is 0 Å². The topological polar surface area (TPSA) is 119 Å². The summed E-state index contributed by atoms with van der Waals surface area (Å²) >= 11 is 0. The van der Waals surface area contributed by atoms with Gasteiger partial charge in [-0.15, -0.1) is 0 Å². The molecule has 0 radical (unpaired) electrons. The zero-order chi connectivity index (χ0) is 23.3. The van der Waals surface area contributed by atoms with E-state index < -0.39 is 17.6 Å². The van der Waals surface area contributed by atoms with Crippen molar-refractivity contribution >= 4 is 5.97 Å². The lowest BCUT2D eigenvalue weighted by Crippen LogP contribution is -2.50. The average molecular weight is 448 g/mol. The number of hydrogen-bond donors (Lipinski definition) is 3. The summed E-state index contributed by atoms with van der Waals surface area (Å²) in [7, 11) is 0. The maximum Gasteiger partial charge on any atom is 0.338 e. The van der Waals surface area contributed by atoms with Gasteiger partial charge in [0.15, 0.2) is 5.60 Å². The third-order valence-electron chi connectivity index (χ3n) is 6.24. The highest BCUT2D eigenvalue weighted by Gasteiger charge is 2.44. The minimum atomic E-state index is -2.23. The molecule has 1 aliphatic rings. The molecule has 4 N–H and O–H groups in total. The SMILES string of the molecule is N[C@@H](c1ccc(-c2cccnc2)cc1)[C@](O)(Cc1cc(OC2CCCCC2)ccn1)C(=O)O. The van der Waals surface area contributed by atoms with Gasteiger partial charge in [0.25, 0.3) is 0 Å². The maximum atomic E-state index is 12.1. The summed E-state index contributed by atoms with van der Waals surface area (Å²) in [6.07, 6.45) is 10.5. The number of rotatable bonds is 8. The van der Waals surface area contributed by atoms with Gasteiger partial charge in [-0.05, 0) is 54.5 Å². The Hall–Kier alpha value is -3.29. The van der Waals surface area contributed by atoms with Crippen molar-refractivity contribution in [1.29, 1.82) is 0 Å². The van der Waals surface area contributed by atoms with Crippen molar-refractivity contribution in [3.8, 4) is 16.9 Å². The molecule has 2 aromatic heterocycles. The van der Waals surface area contributed by atoms with Gasteiger partial charge in [-0.25, -0.2) is 4.79 Å². The molecule has 0 bridgehead atoms. The van der Waals surface area contributed by atoms with Crippen LogP contribution in [0.25, 0.3) is 11.1 Å². The van der Waals surface area contributed by atoms with Crippen molar-refractivity contribution in [2.75, 3.05) is 0 Å². The van der Waals surface area contributed by atoms with Crippen molar-refractivity contribution in [2.45, 2.75) is 56.3 Å². The highest BCUT2D eigenvalue weighted by molar-refractivity contribution is 5.79. The van der Waals surface area contributed by atoms with Crippen LogP contribution in [0, 0.1) is 0 Å². The summed E-state index contributed by atoms with van der Waals surface area (Å²) in [5.74, 6) is -0.763. The molecule has 0 aliphatic heterocycles. The predicted octanol–water partition coefficient (Wildman–Crippen LogP) is 3.91. The number of aromatic nitrogens is 2. The molecule has 7 nitrogen and oxygen atoms in total. The molecule has 7 heteroatoms. The number of benzene rings is 1. The molecule has 0 saturated heterocycles. The van der Waals surface area contributed by atoms with E-state index in [0.717, 1.165) is 36.8 Å². The number of aliphatic carboxylic acids is 1. The van der Waals surface area contributed by atoms with Crippen LogP contribution in [0.2, 0.25) is 0 Å². The largest absolute Gasteiger partial charge is 0.490 e. The first kappa shape index (κ1) is 22.9. The summed E-state index contributed by atoms with van der Waals surface area (Å²) in [5, 5.41) is 21.0. The molecule has 4 rings (SSSR count). The fourth-order valence-electron chi connectivity index (χ4n) is 4.29. The summed E-state index contributed by atoms with van der Waals surface area (Å²) in [6.45, 7) is 0. The minimum absolute atomic E-state index is 0.160. The normalized spacial score (nSPS) is 17.2. The molecular weight excluding hydrogens is 418 g/mol. The van der Waals surface area contributed by atoms with Crippen LogP contribution in [-0.4, -0.2) is 37.9 Å². The van der Waals surface area contributed by atoms with E-state index in [1.54, 1.807) is 42.9 Å². The van der Waals surface area contributed by atoms with Crippen LogP contribution in [-0.2, 0) is 11.2 Å². The first-order valence-corrected chi connectivity index (χ1v) is 11.3. The van der Waals surface area contributed by atoms with Crippen LogP contribution in [0.5, 0.6) is 5.75 Å². The Morgan fingerprint density at radius 3 is 2.52 bits per heavy atom. The molecule has 2 atom stereocenters. The number of pyridine rings is 2. The van der Waals surface area contributed by atoms with E-state index >= 15 is 0 Å². The van der Waals surface area contributed by atoms with Gasteiger partial charge in [0.05, 0.1) is 12.1 Å². The highest BCUT2D eigenvalue weighted by atomic mass is 16.5. The van der Waals surface area contributed by atoms with Gasteiger partial charge in [0.1, 0.15) is 5.75 Å². The summed E-state index contributed by atoms with van der Waals surface area (Å²) in [5.41, 5.74) is 6.85. The number of hydrogen-bond acceptors (Lipinski definition) is 6. The number of nitrogens with two attached hydrogens (primary N) is 1. The lowest BCUT2D eigenvalue weighted by atomic mass is 9.84. The first-order chi connectivity index (χ1) is 16.0.